The predicted molar refractivity (Wildman–Crippen MR) is 129 cm³/mol. The number of hydrogen-bond acceptors (Lipinski definition) is 8. The van der Waals surface area contributed by atoms with E-state index >= 15 is 0 Å². The first-order chi connectivity index (χ1) is 16.9. The van der Waals surface area contributed by atoms with Gasteiger partial charge in [0, 0.05) is 19.0 Å². The first-order valence-corrected chi connectivity index (χ1v) is 11.4. The number of carbonyl (C=O) groups excluding carboxylic acids is 1. The number of imidazole rings is 1. The maximum atomic E-state index is 14.8. The minimum Gasteiger partial charge on any atom is -0.479 e. The van der Waals surface area contributed by atoms with Crippen LogP contribution in [0.1, 0.15) is 38.6 Å². The van der Waals surface area contributed by atoms with Crippen molar-refractivity contribution in [1.82, 2.24) is 29.5 Å². The van der Waals surface area contributed by atoms with Crippen molar-refractivity contribution in [1.29, 1.82) is 0 Å². The molecule has 11 heteroatoms. The van der Waals surface area contributed by atoms with E-state index in [0.717, 1.165) is 29.6 Å². The molecule has 0 unspecified atom stereocenters. The molecule has 5 rings (SSSR count). The molecule has 0 aromatic carbocycles. The Morgan fingerprint density at radius 3 is 2.63 bits per heavy atom. The lowest BCUT2D eigenvalue weighted by Gasteiger charge is -2.15. The van der Waals surface area contributed by atoms with Crippen LogP contribution in [0.4, 0.5) is 21.8 Å². The van der Waals surface area contributed by atoms with Crippen molar-refractivity contribution in [3.05, 3.63) is 42.2 Å². The van der Waals surface area contributed by atoms with E-state index in [4.69, 9.17) is 4.74 Å². The van der Waals surface area contributed by atoms with Crippen LogP contribution in [0.5, 0.6) is 5.88 Å². The summed E-state index contributed by atoms with van der Waals surface area (Å²) >= 11 is 0. The molecule has 4 aromatic heterocycles. The third kappa shape index (κ3) is 4.13. The topological polar surface area (TPSA) is 111 Å². The first kappa shape index (κ1) is 22.6. The second-order valence-electron chi connectivity index (χ2n) is 8.57. The molecule has 10 nitrogen and oxygen atoms in total. The third-order valence-corrected chi connectivity index (χ3v) is 5.89. The molecule has 0 bridgehead atoms. The highest BCUT2D eigenvalue weighted by molar-refractivity contribution is 5.95. The van der Waals surface area contributed by atoms with Crippen molar-refractivity contribution in [2.24, 2.45) is 0 Å². The molecule has 4 aromatic rings. The Kier molecular flexibility index (Phi) is 5.75. The van der Waals surface area contributed by atoms with Crippen molar-refractivity contribution in [3.8, 4) is 17.3 Å². The van der Waals surface area contributed by atoms with Crippen LogP contribution in [0.2, 0.25) is 0 Å². The number of aryl methyl sites for hydroxylation is 1. The minimum atomic E-state index is -0.618. The number of amides is 1. The molecule has 0 atom stereocenters. The van der Waals surface area contributed by atoms with Gasteiger partial charge in [-0.3, -0.25) is 4.79 Å². The van der Waals surface area contributed by atoms with Gasteiger partial charge in [-0.15, -0.1) is 0 Å². The monoisotopic (exact) mass is 476 g/mol. The van der Waals surface area contributed by atoms with Crippen molar-refractivity contribution < 1.29 is 13.9 Å². The molecule has 180 valence electrons. The van der Waals surface area contributed by atoms with Gasteiger partial charge < -0.3 is 19.5 Å². The molecule has 1 saturated heterocycles. The third-order valence-electron chi connectivity index (χ3n) is 5.89. The average molecular weight is 477 g/mol. The lowest BCUT2D eigenvalue weighted by Crippen LogP contribution is -2.23. The van der Waals surface area contributed by atoms with Crippen LogP contribution in [-0.4, -0.2) is 49.0 Å². The molecule has 0 aliphatic carbocycles. The summed E-state index contributed by atoms with van der Waals surface area (Å²) in [6.45, 7) is 6.69. The molecular formula is C24H25FN8O2. The van der Waals surface area contributed by atoms with Crippen molar-refractivity contribution in [3.63, 3.8) is 0 Å². The van der Waals surface area contributed by atoms with Gasteiger partial charge in [-0.2, -0.15) is 0 Å². The zero-order valence-corrected chi connectivity index (χ0v) is 19.9. The van der Waals surface area contributed by atoms with Crippen LogP contribution in [0, 0.1) is 12.7 Å². The van der Waals surface area contributed by atoms with Gasteiger partial charge in [0.25, 0.3) is 0 Å². The fourth-order valence-electron chi connectivity index (χ4n) is 4.36. The second kappa shape index (κ2) is 8.90. The van der Waals surface area contributed by atoms with Crippen LogP contribution in [0.3, 0.4) is 0 Å². The Bertz CT molecular complexity index is 1420. The molecule has 5 heterocycles. The average Bonchev–Trinajstić information content (AvgIpc) is 3.42. The van der Waals surface area contributed by atoms with E-state index < -0.39 is 5.82 Å². The molecule has 1 aliphatic heterocycles. The molecule has 0 saturated carbocycles. The maximum Gasteiger partial charge on any atom is 0.242 e. The van der Waals surface area contributed by atoms with E-state index in [0.29, 0.717) is 35.9 Å². The summed E-state index contributed by atoms with van der Waals surface area (Å²) in [5.41, 5.74) is 2.45. The zero-order chi connectivity index (χ0) is 24.7. The Labute approximate surface area is 201 Å². The van der Waals surface area contributed by atoms with Crippen LogP contribution in [-0.2, 0) is 4.79 Å². The molecule has 0 spiro atoms. The summed E-state index contributed by atoms with van der Waals surface area (Å²) in [5, 5.41) is 2.99. The van der Waals surface area contributed by atoms with Crippen molar-refractivity contribution in [2.75, 3.05) is 23.9 Å². The summed E-state index contributed by atoms with van der Waals surface area (Å²) in [7, 11) is 1.50. The Morgan fingerprint density at radius 2 is 1.97 bits per heavy atom. The summed E-state index contributed by atoms with van der Waals surface area (Å²) in [6, 6.07) is 5.42. The summed E-state index contributed by atoms with van der Waals surface area (Å²) in [6.07, 6.45) is 4.10. The quantitative estimate of drug-likeness (QED) is 0.441. The van der Waals surface area contributed by atoms with Gasteiger partial charge in [-0.25, -0.2) is 29.3 Å². The SMILES string of the molecule is COc1nc(-c2nc(Nc3ccc(N4CCCC4=O)cn3)ncc2F)cc2c1nc(C)n2C(C)C. The highest BCUT2D eigenvalue weighted by atomic mass is 19.1. The first-order valence-electron chi connectivity index (χ1n) is 11.4. The molecule has 0 radical (unpaired) electrons. The van der Waals surface area contributed by atoms with E-state index in [1.807, 2.05) is 25.3 Å². The van der Waals surface area contributed by atoms with Gasteiger partial charge in [0.2, 0.25) is 17.7 Å². The number of nitrogens with one attached hydrogen (secondary N) is 1. The van der Waals surface area contributed by atoms with Gasteiger partial charge in [0.05, 0.1) is 36.4 Å². The Balaban J connectivity index is 1.49. The number of methoxy groups -OCH3 is 1. The Hall–Kier alpha value is -4.15. The molecule has 1 aliphatic rings. The Morgan fingerprint density at radius 1 is 1.14 bits per heavy atom. The number of hydrogen-bond donors (Lipinski definition) is 1. The number of ether oxygens (including phenoxy) is 1. The summed E-state index contributed by atoms with van der Waals surface area (Å²) in [4.78, 5) is 35.5. The number of aromatic nitrogens is 6. The fourth-order valence-corrected chi connectivity index (χ4v) is 4.36. The number of rotatable bonds is 6. The maximum absolute atomic E-state index is 14.8. The lowest BCUT2D eigenvalue weighted by atomic mass is 10.2. The van der Waals surface area contributed by atoms with Gasteiger partial charge >= 0.3 is 0 Å². The van der Waals surface area contributed by atoms with Crippen LogP contribution in [0.15, 0.2) is 30.6 Å². The van der Waals surface area contributed by atoms with E-state index in [9.17, 15) is 9.18 Å². The molecule has 1 fully saturated rings. The van der Waals surface area contributed by atoms with Gasteiger partial charge in [0.15, 0.2) is 11.3 Å². The highest BCUT2D eigenvalue weighted by Gasteiger charge is 2.22. The minimum absolute atomic E-state index is 0.0242. The predicted octanol–water partition coefficient (Wildman–Crippen LogP) is 4.19. The number of pyridine rings is 2. The van der Waals surface area contributed by atoms with Crippen LogP contribution in [0.25, 0.3) is 22.4 Å². The lowest BCUT2D eigenvalue weighted by molar-refractivity contribution is -0.117. The number of nitrogens with zero attached hydrogens (tertiary/aromatic N) is 7. The molecule has 1 amide bonds. The van der Waals surface area contributed by atoms with Gasteiger partial charge in [-0.05, 0) is 45.4 Å². The van der Waals surface area contributed by atoms with E-state index in [-0.39, 0.29) is 23.6 Å². The van der Waals surface area contributed by atoms with E-state index in [1.54, 1.807) is 29.3 Å². The fraction of sp³-hybridized carbons (Fsp3) is 0.333. The molecule has 35 heavy (non-hydrogen) atoms. The normalized spacial score (nSPS) is 13.8. The van der Waals surface area contributed by atoms with Gasteiger partial charge in [0.1, 0.15) is 17.3 Å². The van der Waals surface area contributed by atoms with Crippen LogP contribution >= 0.6 is 0 Å². The van der Waals surface area contributed by atoms with Crippen molar-refractivity contribution >= 4 is 34.4 Å². The van der Waals surface area contributed by atoms with E-state index in [2.05, 4.69) is 30.2 Å². The molecule has 1 N–H and O–H groups in total. The number of fused-ring (bicyclic) bond motifs is 1. The van der Waals surface area contributed by atoms with Crippen molar-refractivity contribution in [2.45, 2.75) is 39.7 Å². The highest BCUT2D eigenvalue weighted by Crippen LogP contribution is 2.32. The molecular weight excluding hydrogens is 451 g/mol. The largest absolute Gasteiger partial charge is 0.479 e. The van der Waals surface area contributed by atoms with Gasteiger partial charge in [-0.1, -0.05) is 0 Å². The summed E-state index contributed by atoms with van der Waals surface area (Å²) < 4.78 is 22.3. The number of halogens is 1. The standard InChI is InChI=1S/C24H25FN8O2/c1-13(2)33-14(3)28-22-18(33)10-17(29-23(22)35-4)21-16(25)12-27-24(31-21)30-19-8-7-15(11-26-19)32-9-5-6-20(32)34/h7-8,10-13H,5-6,9H2,1-4H3,(H,26,27,30,31). The number of carbonyl (C=O) groups is 1. The zero-order valence-electron chi connectivity index (χ0n) is 19.9. The smallest absolute Gasteiger partial charge is 0.242 e. The summed E-state index contributed by atoms with van der Waals surface area (Å²) in [5.74, 6) is 1.20. The second-order valence-corrected chi connectivity index (χ2v) is 8.57. The van der Waals surface area contributed by atoms with Crippen LogP contribution < -0.4 is 15.0 Å². The van der Waals surface area contributed by atoms with E-state index in [1.165, 1.54) is 7.11 Å². The number of anilines is 3.